The van der Waals surface area contributed by atoms with Crippen LogP contribution in [0, 0.1) is 6.92 Å². The van der Waals surface area contributed by atoms with E-state index >= 15 is 0 Å². The fraction of sp³-hybridized carbons (Fsp3) is 0.444. The highest BCUT2D eigenvalue weighted by atomic mass is 32.1. The Labute approximate surface area is 82.2 Å². The molecule has 1 rings (SSSR count). The van der Waals surface area contributed by atoms with Crippen LogP contribution in [0.25, 0.3) is 0 Å². The number of carbonyl (C=O) groups is 1. The molecular weight excluding hydrogens is 184 g/mol. The second-order valence-electron chi connectivity index (χ2n) is 3.16. The highest BCUT2D eigenvalue weighted by molar-refractivity contribution is 7.16. The summed E-state index contributed by atoms with van der Waals surface area (Å²) >= 11 is 1.57. The summed E-state index contributed by atoms with van der Waals surface area (Å²) in [6.45, 7) is 5.87. The lowest BCUT2D eigenvalue weighted by Gasteiger charge is -2.07. The van der Waals surface area contributed by atoms with E-state index in [4.69, 9.17) is 0 Å². The smallest absolute Gasteiger partial charge is 0.320 e. The Bertz CT molecular complexity index is 294. The molecule has 0 aliphatic rings. The van der Waals surface area contributed by atoms with Crippen molar-refractivity contribution in [3.05, 3.63) is 17.0 Å². The van der Waals surface area contributed by atoms with Crippen LogP contribution >= 0.6 is 11.3 Å². The van der Waals surface area contributed by atoms with Gasteiger partial charge >= 0.3 is 6.03 Å². The van der Waals surface area contributed by atoms with Crippen LogP contribution in [0.1, 0.15) is 18.7 Å². The van der Waals surface area contributed by atoms with Crippen LogP contribution in [0.4, 0.5) is 9.80 Å². The van der Waals surface area contributed by atoms with Crippen LogP contribution < -0.4 is 10.6 Å². The summed E-state index contributed by atoms with van der Waals surface area (Å²) in [5, 5.41) is 6.40. The minimum absolute atomic E-state index is 0.142. The quantitative estimate of drug-likeness (QED) is 0.753. The number of aryl methyl sites for hydroxylation is 1. The van der Waals surface area contributed by atoms with Crippen molar-refractivity contribution in [2.75, 3.05) is 5.32 Å². The van der Waals surface area contributed by atoms with E-state index in [1.54, 1.807) is 11.3 Å². The summed E-state index contributed by atoms with van der Waals surface area (Å²) in [7, 11) is 0. The van der Waals surface area contributed by atoms with Crippen LogP contribution in [-0.2, 0) is 0 Å². The predicted molar refractivity (Wildman–Crippen MR) is 56.3 cm³/mol. The Balaban J connectivity index is 2.45. The zero-order valence-corrected chi connectivity index (χ0v) is 8.87. The standard InChI is InChI=1S/C9H14N2OS/c1-6(2)10-9(12)11-8-5-4-7(3)13-8/h4-6H,1-3H3,(H2,10,11,12). The first-order chi connectivity index (χ1) is 6.08. The molecule has 13 heavy (non-hydrogen) atoms. The highest BCUT2D eigenvalue weighted by Gasteiger charge is 2.03. The molecule has 0 aliphatic carbocycles. The van der Waals surface area contributed by atoms with E-state index in [-0.39, 0.29) is 12.1 Å². The van der Waals surface area contributed by atoms with Crippen molar-refractivity contribution in [1.82, 2.24) is 5.32 Å². The minimum atomic E-state index is -0.142. The summed E-state index contributed by atoms with van der Waals surface area (Å²) in [5.74, 6) is 0. The van der Waals surface area contributed by atoms with Gasteiger partial charge in [-0.25, -0.2) is 4.79 Å². The van der Waals surface area contributed by atoms with E-state index in [2.05, 4.69) is 10.6 Å². The van der Waals surface area contributed by atoms with E-state index in [1.165, 1.54) is 4.88 Å². The van der Waals surface area contributed by atoms with Gasteiger partial charge < -0.3 is 5.32 Å². The van der Waals surface area contributed by atoms with Gasteiger partial charge in [-0.3, -0.25) is 5.32 Å². The molecule has 0 saturated heterocycles. The van der Waals surface area contributed by atoms with Crippen molar-refractivity contribution >= 4 is 22.4 Å². The summed E-state index contributed by atoms with van der Waals surface area (Å²) in [6.07, 6.45) is 0. The third-order valence-corrected chi connectivity index (χ3v) is 2.31. The number of urea groups is 1. The molecule has 1 aromatic rings. The van der Waals surface area contributed by atoms with E-state index in [1.807, 2.05) is 32.9 Å². The second kappa shape index (κ2) is 4.28. The zero-order valence-electron chi connectivity index (χ0n) is 8.05. The topological polar surface area (TPSA) is 41.1 Å². The largest absolute Gasteiger partial charge is 0.336 e. The Morgan fingerprint density at radius 2 is 2.15 bits per heavy atom. The molecule has 72 valence electrons. The molecule has 1 heterocycles. The monoisotopic (exact) mass is 198 g/mol. The maximum Gasteiger partial charge on any atom is 0.320 e. The fourth-order valence-corrected chi connectivity index (χ4v) is 1.67. The van der Waals surface area contributed by atoms with Crippen molar-refractivity contribution in [3.8, 4) is 0 Å². The van der Waals surface area contributed by atoms with Gasteiger partial charge in [0.25, 0.3) is 0 Å². The molecule has 0 radical (unpaired) electrons. The SMILES string of the molecule is Cc1ccc(NC(=O)NC(C)C)s1. The van der Waals surface area contributed by atoms with Crippen LogP contribution in [0.2, 0.25) is 0 Å². The van der Waals surface area contributed by atoms with Gasteiger partial charge in [0.15, 0.2) is 0 Å². The summed E-state index contributed by atoms with van der Waals surface area (Å²) in [5.41, 5.74) is 0. The van der Waals surface area contributed by atoms with Gasteiger partial charge in [-0.15, -0.1) is 11.3 Å². The number of thiophene rings is 1. The predicted octanol–water partition coefficient (Wildman–Crippen LogP) is 2.59. The molecule has 1 aromatic heterocycles. The van der Waals surface area contributed by atoms with E-state index in [9.17, 15) is 4.79 Å². The van der Waals surface area contributed by atoms with Crippen molar-refractivity contribution in [1.29, 1.82) is 0 Å². The number of hydrogen-bond donors (Lipinski definition) is 2. The van der Waals surface area contributed by atoms with Gasteiger partial charge in [0, 0.05) is 10.9 Å². The highest BCUT2D eigenvalue weighted by Crippen LogP contribution is 2.20. The third kappa shape index (κ3) is 3.46. The molecule has 0 saturated carbocycles. The van der Waals surface area contributed by atoms with Gasteiger partial charge in [0.1, 0.15) is 0 Å². The molecule has 0 spiro atoms. The van der Waals surface area contributed by atoms with Crippen molar-refractivity contribution in [3.63, 3.8) is 0 Å². The average Bonchev–Trinajstić information content (AvgIpc) is 2.33. The van der Waals surface area contributed by atoms with Gasteiger partial charge in [-0.2, -0.15) is 0 Å². The number of carbonyl (C=O) groups excluding carboxylic acids is 1. The van der Waals surface area contributed by atoms with Crippen LogP contribution in [0.15, 0.2) is 12.1 Å². The first-order valence-corrected chi connectivity index (χ1v) is 5.03. The van der Waals surface area contributed by atoms with Gasteiger partial charge in [-0.05, 0) is 32.9 Å². The van der Waals surface area contributed by atoms with E-state index in [0.29, 0.717) is 0 Å². The Morgan fingerprint density at radius 1 is 1.46 bits per heavy atom. The number of anilines is 1. The van der Waals surface area contributed by atoms with E-state index < -0.39 is 0 Å². The minimum Gasteiger partial charge on any atom is -0.336 e. The number of rotatable bonds is 2. The number of amides is 2. The molecule has 0 aromatic carbocycles. The molecule has 0 aliphatic heterocycles. The van der Waals surface area contributed by atoms with Crippen molar-refractivity contribution in [2.24, 2.45) is 0 Å². The maximum atomic E-state index is 11.2. The Kier molecular flexibility index (Phi) is 3.31. The average molecular weight is 198 g/mol. The van der Waals surface area contributed by atoms with Crippen LogP contribution in [0.5, 0.6) is 0 Å². The molecule has 0 atom stereocenters. The van der Waals surface area contributed by atoms with E-state index in [0.717, 1.165) is 5.00 Å². The Morgan fingerprint density at radius 3 is 2.62 bits per heavy atom. The second-order valence-corrected chi connectivity index (χ2v) is 4.45. The lowest BCUT2D eigenvalue weighted by Crippen LogP contribution is -2.33. The van der Waals surface area contributed by atoms with Crippen molar-refractivity contribution in [2.45, 2.75) is 26.8 Å². The zero-order chi connectivity index (χ0) is 9.84. The normalized spacial score (nSPS) is 10.2. The van der Waals surface area contributed by atoms with Crippen LogP contribution in [-0.4, -0.2) is 12.1 Å². The molecule has 0 bridgehead atoms. The molecule has 2 amide bonds. The molecule has 0 fully saturated rings. The van der Waals surface area contributed by atoms with Gasteiger partial charge in [-0.1, -0.05) is 0 Å². The molecule has 3 nitrogen and oxygen atoms in total. The number of hydrogen-bond acceptors (Lipinski definition) is 2. The van der Waals surface area contributed by atoms with Crippen LogP contribution in [0.3, 0.4) is 0 Å². The Hall–Kier alpha value is -1.03. The van der Waals surface area contributed by atoms with Gasteiger partial charge in [0.2, 0.25) is 0 Å². The lowest BCUT2D eigenvalue weighted by atomic mass is 10.4. The summed E-state index contributed by atoms with van der Waals surface area (Å²) < 4.78 is 0. The first kappa shape index (κ1) is 10.1. The van der Waals surface area contributed by atoms with Gasteiger partial charge in [0.05, 0.1) is 5.00 Å². The summed E-state index contributed by atoms with van der Waals surface area (Å²) in [6, 6.07) is 3.91. The molecular formula is C9H14N2OS. The fourth-order valence-electron chi connectivity index (χ4n) is 0.912. The molecule has 0 unspecified atom stereocenters. The number of nitrogens with one attached hydrogen (secondary N) is 2. The van der Waals surface area contributed by atoms with Crippen molar-refractivity contribution < 1.29 is 4.79 Å². The third-order valence-electron chi connectivity index (χ3n) is 1.40. The summed E-state index contributed by atoms with van der Waals surface area (Å²) in [4.78, 5) is 12.4. The lowest BCUT2D eigenvalue weighted by molar-refractivity contribution is 0.250. The first-order valence-electron chi connectivity index (χ1n) is 4.22. The molecule has 2 N–H and O–H groups in total. The molecule has 4 heteroatoms. The maximum absolute atomic E-state index is 11.2.